The first kappa shape index (κ1) is 31.2. The number of para-hydroxylation sites is 6. The summed E-state index contributed by atoms with van der Waals surface area (Å²) in [5.41, 5.74) is 0.513. The van der Waals surface area contributed by atoms with Crippen molar-refractivity contribution in [2.45, 2.75) is 26.1 Å². The number of hydrogen-bond acceptors (Lipinski definition) is 8. The van der Waals surface area contributed by atoms with Gasteiger partial charge in [0.1, 0.15) is 0 Å². The third-order valence-electron chi connectivity index (χ3n) is 6.64. The van der Waals surface area contributed by atoms with E-state index >= 15 is 0 Å². The van der Waals surface area contributed by atoms with Gasteiger partial charge in [-0.15, -0.1) is 0 Å². The molecule has 2 unspecified atom stereocenters. The van der Waals surface area contributed by atoms with Crippen molar-refractivity contribution in [2.24, 2.45) is 0 Å². The fourth-order valence-corrected chi connectivity index (χ4v) is 4.48. The van der Waals surface area contributed by atoms with Crippen LogP contribution in [0.4, 0.5) is 22.7 Å². The lowest BCUT2D eigenvalue weighted by Gasteiger charge is -2.31. The van der Waals surface area contributed by atoms with E-state index in [1.54, 1.807) is 72.8 Å². The molecule has 226 valence electrons. The van der Waals surface area contributed by atoms with Gasteiger partial charge in [-0.25, -0.2) is 0 Å². The molecular formula is C32H30N4O8. The third-order valence-corrected chi connectivity index (χ3v) is 6.64. The molecule has 0 fully saturated rings. The second-order valence-corrected chi connectivity index (χ2v) is 9.62. The quantitative estimate of drug-likeness (QED) is 0.139. The highest BCUT2D eigenvalue weighted by Gasteiger charge is 2.30. The van der Waals surface area contributed by atoms with Crippen LogP contribution in [-0.2, 0) is 9.59 Å². The minimum Gasteiger partial charge on any atom is -0.474 e. The molecule has 0 saturated carbocycles. The zero-order valence-electron chi connectivity index (χ0n) is 24.0. The Morgan fingerprint density at radius 1 is 0.591 bits per heavy atom. The highest BCUT2D eigenvalue weighted by Crippen LogP contribution is 2.29. The molecule has 12 heteroatoms. The molecule has 4 aromatic carbocycles. The molecule has 0 aromatic heterocycles. The highest BCUT2D eigenvalue weighted by molar-refractivity contribution is 5.98. The maximum Gasteiger partial charge on any atom is 0.310 e. The lowest BCUT2D eigenvalue weighted by Crippen LogP contribution is -2.48. The van der Waals surface area contributed by atoms with Crippen molar-refractivity contribution >= 4 is 34.6 Å². The van der Waals surface area contributed by atoms with Crippen molar-refractivity contribution in [1.82, 2.24) is 0 Å². The smallest absolute Gasteiger partial charge is 0.310 e. The normalized spacial score (nSPS) is 12.0. The minimum atomic E-state index is -1.11. The van der Waals surface area contributed by atoms with Crippen LogP contribution in [0.5, 0.6) is 11.5 Å². The van der Waals surface area contributed by atoms with E-state index in [4.69, 9.17) is 9.47 Å². The van der Waals surface area contributed by atoms with E-state index in [0.29, 0.717) is 11.4 Å². The molecule has 0 bridgehead atoms. The number of nitro groups is 2. The van der Waals surface area contributed by atoms with E-state index in [-0.39, 0.29) is 36.0 Å². The number of carbonyl (C=O) groups is 2. The SMILES string of the molecule is CC(Oc1ccccc1[N+](=O)[O-])C(=O)N(CCN(C(=O)C(C)Oc1ccccc1[N+](=O)[O-])c1ccccc1)c1ccccc1. The summed E-state index contributed by atoms with van der Waals surface area (Å²) < 4.78 is 11.5. The van der Waals surface area contributed by atoms with Gasteiger partial charge in [-0.2, -0.15) is 0 Å². The van der Waals surface area contributed by atoms with Gasteiger partial charge in [0.2, 0.25) is 0 Å². The Hall–Kier alpha value is -5.78. The van der Waals surface area contributed by atoms with Gasteiger partial charge in [0, 0.05) is 36.6 Å². The van der Waals surface area contributed by atoms with E-state index in [1.807, 2.05) is 0 Å². The van der Waals surface area contributed by atoms with Crippen molar-refractivity contribution in [3.8, 4) is 11.5 Å². The lowest BCUT2D eigenvalue weighted by atomic mass is 10.2. The first-order chi connectivity index (χ1) is 21.2. The summed E-state index contributed by atoms with van der Waals surface area (Å²) in [6, 6.07) is 29.1. The van der Waals surface area contributed by atoms with Crippen LogP contribution in [0.15, 0.2) is 109 Å². The number of nitro benzene ring substituents is 2. The Bertz CT molecular complexity index is 1500. The van der Waals surface area contributed by atoms with Crippen LogP contribution in [0.25, 0.3) is 0 Å². The summed E-state index contributed by atoms with van der Waals surface area (Å²) in [5, 5.41) is 23.0. The maximum atomic E-state index is 13.8. The monoisotopic (exact) mass is 598 g/mol. The number of ether oxygens (including phenoxy) is 2. The second-order valence-electron chi connectivity index (χ2n) is 9.62. The molecule has 12 nitrogen and oxygen atoms in total. The molecule has 0 heterocycles. The zero-order valence-corrected chi connectivity index (χ0v) is 24.0. The molecule has 4 aromatic rings. The van der Waals surface area contributed by atoms with Crippen LogP contribution in [0.2, 0.25) is 0 Å². The van der Waals surface area contributed by atoms with Crippen LogP contribution in [-0.4, -0.2) is 47.0 Å². The first-order valence-electron chi connectivity index (χ1n) is 13.7. The summed E-state index contributed by atoms with van der Waals surface area (Å²) in [5.74, 6) is -1.07. The fourth-order valence-electron chi connectivity index (χ4n) is 4.48. The van der Waals surface area contributed by atoms with Gasteiger partial charge in [0.25, 0.3) is 11.8 Å². The standard InChI is InChI=1S/C32H30N4O8/c1-23(43-29-19-11-9-17-27(29)35(39)40)31(37)33(25-13-5-3-6-14-25)21-22-34(26-15-7-4-8-16-26)32(38)24(2)44-30-20-12-10-18-28(30)36(41)42/h3-20,23-24H,21-22H2,1-2H3. The van der Waals surface area contributed by atoms with E-state index in [9.17, 15) is 29.8 Å². The summed E-state index contributed by atoms with van der Waals surface area (Å²) in [6.07, 6.45) is -2.23. The number of amides is 2. The maximum absolute atomic E-state index is 13.8. The van der Waals surface area contributed by atoms with Crippen LogP contribution in [0.3, 0.4) is 0 Å². The number of rotatable bonds is 13. The van der Waals surface area contributed by atoms with E-state index < -0.39 is 33.9 Å². The predicted molar refractivity (Wildman–Crippen MR) is 164 cm³/mol. The summed E-state index contributed by atoms with van der Waals surface area (Å²) in [6.45, 7) is 3.04. The Labute approximate surface area is 253 Å². The molecule has 2 atom stereocenters. The minimum absolute atomic E-state index is 0.0201. The molecular weight excluding hydrogens is 568 g/mol. The number of nitrogens with zero attached hydrogens (tertiary/aromatic N) is 4. The van der Waals surface area contributed by atoms with Crippen LogP contribution < -0.4 is 19.3 Å². The Balaban J connectivity index is 1.59. The van der Waals surface area contributed by atoms with Crippen LogP contribution in [0, 0.1) is 20.2 Å². The fraction of sp³-hybridized carbons (Fsp3) is 0.188. The average molecular weight is 599 g/mol. The van der Waals surface area contributed by atoms with Crippen LogP contribution in [0.1, 0.15) is 13.8 Å². The second kappa shape index (κ2) is 14.4. The van der Waals surface area contributed by atoms with Crippen molar-refractivity contribution in [2.75, 3.05) is 22.9 Å². The molecule has 0 N–H and O–H groups in total. The number of benzene rings is 4. The summed E-state index contributed by atoms with van der Waals surface area (Å²) >= 11 is 0. The molecule has 0 aliphatic rings. The van der Waals surface area contributed by atoms with Gasteiger partial charge >= 0.3 is 11.4 Å². The Morgan fingerprint density at radius 2 is 0.909 bits per heavy atom. The van der Waals surface area contributed by atoms with E-state index in [0.717, 1.165) is 0 Å². The van der Waals surface area contributed by atoms with Crippen LogP contribution >= 0.6 is 0 Å². The molecule has 2 amide bonds. The van der Waals surface area contributed by atoms with E-state index in [2.05, 4.69) is 0 Å². The van der Waals surface area contributed by atoms with Gasteiger partial charge in [-0.1, -0.05) is 60.7 Å². The molecule has 0 spiro atoms. The van der Waals surface area contributed by atoms with Crippen molar-refractivity contribution in [3.05, 3.63) is 129 Å². The van der Waals surface area contributed by atoms with Gasteiger partial charge in [-0.3, -0.25) is 29.8 Å². The largest absolute Gasteiger partial charge is 0.474 e. The summed E-state index contributed by atoms with van der Waals surface area (Å²) in [4.78, 5) is 52.2. The molecule has 44 heavy (non-hydrogen) atoms. The van der Waals surface area contributed by atoms with E-state index in [1.165, 1.54) is 60.0 Å². The van der Waals surface area contributed by atoms with Crippen molar-refractivity contribution < 1.29 is 28.9 Å². The topological polar surface area (TPSA) is 145 Å². The first-order valence-corrected chi connectivity index (χ1v) is 13.7. The lowest BCUT2D eigenvalue weighted by molar-refractivity contribution is -0.386. The highest BCUT2D eigenvalue weighted by atomic mass is 16.6. The zero-order chi connectivity index (χ0) is 31.6. The molecule has 0 aliphatic carbocycles. The van der Waals surface area contributed by atoms with Crippen molar-refractivity contribution in [1.29, 1.82) is 0 Å². The predicted octanol–water partition coefficient (Wildman–Crippen LogP) is 5.80. The Morgan fingerprint density at radius 3 is 1.25 bits per heavy atom. The van der Waals surface area contributed by atoms with Gasteiger partial charge < -0.3 is 19.3 Å². The molecule has 0 radical (unpaired) electrons. The summed E-state index contributed by atoms with van der Waals surface area (Å²) in [7, 11) is 0. The molecule has 0 aliphatic heterocycles. The number of anilines is 2. The molecule has 4 rings (SSSR count). The number of carbonyl (C=O) groups excluding carboxylic acids is 2. The third kappa shape index (κ3) is 7.53. The van der Waals surface area contributed by atoms with Gasteiger partial charge in [0.15, 0.2) is 23.7 Å². The Kier molecular flexibility index (Phi) is 10.2. The average Bonchev–Trinajstić information content (AvgIpc) is 3.03. The molecule has 0 saturated heterocycles. The van der Waals surface area contributed by atoms with Crippen molar-refractivity contribution in [3.63, 3.8) is 0 Å². The number of hydrogen-bond donors (Lipinski definition) is 0. The van der Waals surface area contributed by atoms with Gasteiger partial charge in [-0.05, 0) is 50.2 Å². The van der Waals surface area contributed by atoms with Gasteiger partial charge in [0.05, 0.1) is 9.85 Å².